The first-order chi connectivity index (χ1) is 13.2. The van der Waals surface area contributed by atoms with Crippen LogP contribution in [-0.2, 0) is 4.74 Å². The highest BCUT2D eigenvalue weighted by atomic mass is 16.6. The smallest absolute Gasteiger partial charge is 0.412 e. The SMILES string of the molecule is N#Cc1ccc(NC(=O)O[C@H](CCCO)c2ccccc2OCCO)cc1. The Hall–Kier alpha value is -3.08. The summed E-state index contributed by atoms with van der Waals surface area (Å²) >= 11 is 0. The fourth-order valence-corrected chi connectivity index (χ4v) is 2.49. The fourth-order valence-electron chi connectivity index (χ4n) is 2.49. The normalized spacial score (nSPS) is 11.3. The van der Waals surface area contributed by atoms with E-state index in [0.717, 1.165) is 0 Å². The molecular weight excluding hydrogens is 348 g/mol. The van der Waals surface area contributed by atoms with E-state index in [1.54, 1.807) is 48.5 Å². The molecule has 0 aliphatic carbocycles. The zero-order valence-corrected chi connectivity index (χ0v) is 14.8. The molecule has 27 heavy (non-hydrogen) atoms. The van der Waals surface area contributed by atoms with Gasteiger partial charge in [-0.05, 0) is 43.2 Å². The van der Waals surface area contributed by atoms with Crippen molar-refractivity contribution in [1.82, 2.24) is 0 Å². The van der Waals surface area contributed by atoms with Crippen LogP contribution in [0.15, 0.2) is 48.5 Å². The summed E-state index contributed by atoms with van der Waals surface area (Å²) in [5.74, 6) is 0.515. The highest BCUT2D eigenvalue weighted by Crippen LogP contribution is 2.31. The van der Waals surface area contributed by atoms with Crippen LogP contribution in [0.1, 0.15) is 30.1 Å². The van der Waals surface area contributed by atoms with Gasteiger partial charge in [0.15, 0.2) is 0 Å². The molecule has 7 nitrogen and oxygen atoms in total. The van der Waals surface area contributed by atoms with E-state index in [0.29, 0.717) is 35.4 Å². The predicted octanol–water partition coefficient (Wildman–Crippen LogP) is 2.99. The molecule has 0 aliphatic rings. The molecular formula is C20H22N2O5. The molecule has 0 bridgehead atoms. The minimum absolute atomic E-state index is 0.0310. The number of aliphatic hydroxyl groups excluding tert-OH is 2. The van der Waals surface area contributed by atoms with Crippen molar-refractivity contribution >= 4 is 11.8 Å². The average Bonchev–Trinajstić information content (AvgIpc) is 2.70. The van der Waals surface area contributed by atoms with Gasteiger partial charge >= 0.3 is 6.09 Å². The molecule has 2 rings (SSSR count). The molecule has 2 aromatic rings. The number of rotatable bonds is 9. The maximum Gasteiger partial charge on any atom is 0.412 e. The molecule has 0 fully saturated rings. The van der Waals surface area contributed by atoms with Gasteiger partial charge in [0, 0.05) is 17.9 Å². The number of ether oxygens (including phenoxy) is 2. The van der Waals surface area contributed by atoms with Crippen molar-refractivity contribution in [2.24, 2.45) is 0 Å². The summed E-state index contributed by atoms with van der Waals surface area (Å²) in [4.78, 5) is 12.3. The molecule has 2 aromatic carbocycles. The Morgan fingerprint density at radius 1 is 1.11 bits per heavy atom. The van der Waals surface area contributed by atoms with Crippen molar-refractivity contribution in [3.63, 3.8) is 0 Å². The molecule has 1 atom stereocenters. The Morgan fingerprint density at radius 3 is 2.52 bits per heavy atom. The molecule has 7 heteroatoms. The fraction of sp³-hybridized carbons (Fsp3) is 0.300. The molecule has 0 saturated carbocycles. The lowest BCUT2D eigenvalue weighted by atomic mass is 10.0. The number of anilines is 1. The van der Waals surface area contributed by atoms with Crippen molar-refractivity contribution in [3.8, 4) is 11.8 Å². The van der Waals surface area contributed by atoms with Gasteiger partial charge in [-0.1, -0.05) is 18.2 Å². The van der Waals surface area contributed by atoms with Crippen LogP contribution in [0.2, 0.25) is 0 Å². The lowest BCUT2D eigenvalue weighted by Gasteiger charge is -2.21. The highest BCUT2D eigenvalue weighted by Gasteiger charge is 2.20. The molecule has 0 unspecified atom stereocenters. The standard InChI is InChI=1S/C20H22N2O5/c21-14-15-7-9-16(10-8-15)22-20(25)27-19(6-3-11-23)17-4-1-2-5-18(17)26-13-12-24/h1-2,4-5,7-10,19,23-24H,3,6,11-13H2,(H,22,25)/t19-/m1/s1. The van der Waals surface area contributed by atoms with E-state index in [-0.39, 0.29) is 19.8 Å². The minimum Gasteiger partial charge on any atom is -0.491 e. The van der Waals surface area contributed by atoms with Crippen molar-refractivity contribution in [3.05, 3.63) is 59.7 Å². The summed E-state index contributed by atoms with van der Waals surface area (Å²) in [6.45, 7) is -0.0341. The molecule has 1 amide bonds. The van der Waals surface area contributed by atoms with E-state index in [2.05, 4.69) is 5.32 Å². The van der Waals surface area contributed by atoms with Gasteiger partial charge in [0.2, 0.25) is 0 Å². The number of hydrogen-bond acceptors (Lipinski definition) is 6. The van der Waals surface area contributed by atoms with Crippen LogP contribution in [0, 0.1) is 11.3 Å². The Balaban J connectivity index is 2.11. The summed E-state index contributed by atoms with van der Waals surface area (Å²) < 4.78 is 11.1. The van der Waals surface area contributed by atoms with E-state index >= 15 is 0 Å². The Bertz CT molecular complexity index is 771. The van der Waals surface area contributed by atoms with E-state index in [1.807, 2.05) is 6.07 Å². The number of hydrogen-bond donors (Lipinski definition) is 3. The maximum absolute atomic E-state index is 12.3. The van der Waals surface area contributed by atoms with E-state index in [4.69, 9.17) is 24.9 Å². The number of nitrogens with zero attached hydrogens (tertiary/aromatic N) is 1. The molecule has 0 aliphatic heterocycles. The zero-order chi connectivity index (χ0) is 19.5. The van der Waals surface area contributed by atoms with Gasteiger partial charge < -0.3 is 19.7 Å². The van der Waals surface area contributed by atoms with Crippen molar-refractivity contribution in [1.29, 1.82) is 5.26 Å². The number of amides is 1. The first-order valence-corrected chi connectivity index (χ1v) is 8.59. The van der Waals surface area contributed by atoms with Gasteiger partial charge in [0.1, 0.15) is 18.5 Å². The molecule has 3 N–H and O–H groups in total. The highest BCUT2D eigenvalue weighted by molar-refractivity contribution is 5.84. The van der Waals surface area contributed by atoms with Crippen molar-refractivity contribution in [2.75, 3.05) is 25.1 Å². The minimum atomic E-state index is -0.653. The number of aliphatic hydroxyl groups is 2. The number of nitrogens with one attached hydrogen (secondary N) is 1. The van der Waals surface area contributed by atoms with Gasteiger partial charge in [0.05, 0.1) is 18.2 Å². The van der Waals surface area contributed by atoms with Crippen LogP contribution >= 0.6 is 0 Å². The Kier molecular flexibility index (Phi) is 8.10. The molecule has 142 valence electrons. The number of para-hydroxylation sites is 1. The Labute approximate surface area is 157 Å². The van der Waals surface area contributed by atoms with Gasteiger partial charge in [-0.25, -0.2) is 4.79 Å². The summed E-state index contributed by atoms with van der Waals surface area (Å²) in [5.41, 5.74) is 1.66. The number of carbonyl (C=O) groups is 1. The van der Waals surface area contributed by atoms with Crippen LogP contribution < -0.4 is 10.1 Å². The molecule has 0 saturated heterocycles. The summed E-state index contributed by atoms with van der Waals surface area (Å²) in [6.07, 6.45) is -0.412. The largest absolute Gasteiger partial charge is 0.491 e. The van der Waals surface area contributed by atoms with Gasteiger partial charge in [-0.15, -0.1) is 0 Å². The van der Waals surface area contributed by atoms with Crippen LogP contribution in [0.25, 0.3) is 0 Å². The number of carbonyl (C=O) groups excluding carboxylic acids is 1. The third-order valence-corrected chi connectivity index (χ3v) is 3.75. The maximum atomic E-state index is 12.3. The topological polar surface area (TPSA) is 112 Å². The monoisotopic (exact) mass is 370 g/mol. The van der Waals surface area contributed by atoms with Crippen LogP contribution in [-0.4, -0.2) is 36.1 Å². The van der Waals surface area contributed by atoms with E-state index in [9.17, 15) is 4.79 Å². The van der Waals surface area contributed by atoms with Gasteiger partial charge in [0.25, 0.3) is 0 Å². The molecule has 0 spiro atoms. The second-order valence-electron chi connectivity index (χ2n) is 5.68. The third kappa shape index (κ3) is 6.29. The van der Waals surface area contributed by atoms with Crippen LogP contribution in [0.3, 0.4) is 0 Å². The quantitative estimate of drug-likeness (QED) is 0.626. The molecule has 0 heterocycles. The summed E-state index contributed by atoms with van der Waals surface area (Å²) in [5, 5.41) is 29.6. The first kappa shape index (κ1) is 20.2. The van der Waals surface area contributed by atoms with Crippen LogP contribution in [0.5, 0.6) is 5.75 Å². The third-order valence-electron chi connectivity index (χ3n) is 3.75. The van der Waals surface area contributed by atoms with Crippen molar-refractivity contribution < 1.29 is 24.5 Å². The summed E-state index contributed by atoms with van der Waals surface area (Å²) in [7, 11) is 0. The number of nitriles is 1. The zero-order valence-electron chi connectivity index (χ0n) is 14.8. The van der Waals surface area contributed by atoms with Crippen molar-refractivity contribution in [2.45, 2.75) is 18.9 Å². The van der Waals surface area contributed by atoms with E-state index < -0.39 is 12.2 Å². The predicted molar refractivity (Wildman–Crippen MR) is 99.3 cm³/mol. The molecule has 0 radical (unpaired) electrons. The van der Waals surface area contributed by atoms with Gasteiger partial charge in [-0.2, -0.15) is 5.26 Å². The Morgan fingerprint density at radius 2 is 1.85 bits per heavy atom. The number of benzene rings is 2. The van der Waals surface area contributed by atoms with E-state index in [1.165, 1.54) is 0 Å². The van der Waals surface area contributed by atoms with Crippen LogP contribution in [0.4, 0.5) is 10.5 Å². The first-order valence-electron chi connectivity index (χ1n) is 8.59. The summed E-state index contributed by atoms with van der Waals surface area (Å²) in [6, 6.07) is 15.5. The lowest BCUT2D eigenvalue weighted by molar-refractivity contribution is 0.0964. The second-order valence-corrected chi connectivity index (χ2v) is 5.68. The molecule has 0 aromatic heterocycles. The average molecular weight is 370 g/mol. The second kappa shape index (κ2) is 10.8. The lowest BCUT2D eigenvalue weighted by Crippen LogP contribution is -2.18. The van der Waals surface area contributed by atoms with Gasteiger partial charge in [-0.3, -0.25) is 5.32 Å².